The van der Waals surface area contributed by atoms with E-state index in [4.69, 9.17) is 23.3 Å². The molecule has 0 fully saturated rings. The molecule has 0 aliphatic rings. The van der Waals surface area contributed by atoms with Gasteiger partial charge in [0.15, 0.2) is 16.7 Å². The molecule has 51 heavy (non-hydrogen) atoms. The Balaban J connectivity index is 1.47. The number of rotatable bonds is 19. The van der Waals surface area contributed by atoms with Crippen LogP contribution in [0.25, 0.3) is 5.69 Å². The highest BCUT2D eigenvalue weighted by Gasteiger charge is 2.21. The first-order valence-electron chi connectivity index (χ1n) is 15.2. The van der Waals surface area contributed by atoms with Gasteiger partial charge in [0.25, 0.3) is 20.2 Å². The Labute approximate surface area is 298 Å². The van der Waals surface area contributed by atoms with Crippen molar-refractivity contribution in [1.82, 2.24) is 14.5 Å². The number of nitrogens with zero attached hydrogens (tertiary/aromatic N) is 4. The van der Waals surface area contributed by atoms with Crippen molar-refractivity contribution in [2.24, 2.45) is 0 Å². The van der Waals surface area contributed by atoms with E-state index in [1.807, 2.05) is 11.0 Å². The number of hydrogen-bond donors (Lipinski definition) is 2. The number of ether oxygens (including phenoxy) is 3. The Morgan fingerprint density at radius 1 is 0.843 bits per heavy atom. The maximum Gasteiger partial charge on any atom is 0.266 e. The number of halogens is 3. The molecule has 0 aliphatic carbocycles. The third kappa shape index (κ3) is 11.5. The van der Waals surface area contributed by atoms with Crippen LogP contribution < -0.4 is 19.1 Å². The van der Waals surface area contributed by atoms with Crippen molar-refractivity contribution in [1.29, 1.82) is 0 Å². The molecule has 4 rings (SSSR count). The number of aromatic nitrogens is 2. The molecule has 0 aliphatic heterocycles. The highest BCUT2D eigenvalue weighted by atomic mass is 32.2. The Morgan fingerprint density at radius 2 is 1.45 bits per heavy atom. The molecule has 0 saturated carbocycles. The van der Waals surface area contributed by atoms with E-state index < -0.39 is 49.2 Å². The average molecular weight is 775 g/mol. The van der Waals surface area contributed by atoms with Gasteiger partial charge in [-0.05, 0) is 42.8 Å². The molecule has 2 N–H and O–H groups in total. The molecule has 0 spiro atoms. The van der Waals surface area contributed by atoms with Crippen molar-refractivity contribution in [3.05, 3.63) is 83.8 Å². The van der Waals surface area contributed by atoms with Crippen molar-refractivity contribution >= 4 is 43.5 Å². The molecule has 0 unspecified atom stereocenters. The van der Waals surface area contributed by atoms with E-state index in [9.17, 15) is 21.2 Å². The lowest BCUT2D eigenvalue weighted by molar-refractivity contribution is 0.247. The second-order valence-corrected chi connectivity index (χ2v) is 15.2. The van der Waals surface area contributed by atoms with Crippen molar-refractivity contribution in [3.63, 3.8) is 0 Å². The minimum Gasteiger partial charge on any atom is -0.493 e. The minimum absolute atomic E-state index is 0.0628. The first-order valence-corrected chi connectivity index (χ1v) is 19.4. The van der Waals surface area contributed by atoms with Crippen LogP contribution in [-0.4, -0.2) is 99.4 Å². The maximum absolute atomic E-state index is 15.2. The van der Waals surface area contributed by atoms with E-state index in [2.05, 4.69) is 4.98 Å². The number of benzene rings is 3. The summed E-state index contributed by atoms with van der Waals surface area (Å²) in [6, 6.07) is 13.1. The molecule has 1 heterocycles. The monoisotopic (exact) mass is 774 g/mol. The van der Waals surface area contributed by atoms with Gasteiger partial charge in [-0.15, -0.1) is 0 Å². The second kappa shape index (κ2) is 17.5. The standard InChI is InChI=1S/C32H37F3N4O9S3/c1-37(24-9-10-29(46-2)30(17-24)47-3)31-20-36-32(39(31)23-7-5-22(33)6-8-23)49-21-26-27(34)18-25(19-28(26)35)48-14-4-11-38(12-15-50(40,41)42)13-16-51(43,44)45/h5-10,17-20H,4,11-16,21H2,1-3H3,(H,40,41,42)(H,43,44,45). The summed E-state index contributed by atoms with van der Waals surface area (Å²) in [5.41, 5.74) is 1.03. The summed E-state index contributed by atoms with van der Waals surface area (Å²) in [6.07, 6.45) is 1.78. The number of methoxy groups -OCH3 is 2. The second-order valence-electron chi connectivity index (χ2n) is 11.1. The molecular weight excluding hydrogens is 738 g/mol. The Hall–Kier alpha value is -4.01. The van der Waals surface area contributed by atoms with E-state index in [0.717, 1.165) is 23.9 Å². The van der Waals surface area contributed by atoms with Gasteiger partial charge in [0.2, 0.25) is 0 Å². The molecule has 19 heteroatoms. The van der Waals surface area contributed by atoms with Gasteiger partial charge in [0.05, 0.1) is 38.5 Å². The third-order valence-electron chi connectivity index (χ3n) is 7.57. The smallest absolute Gasteiger partial charge is 0.266 e. The SMILES string of the molecule is COc1ccc(N(C)c2cnc(SCc3c(F)cc(OCCCN(CCS(=O)(=O)O)CCS(=O)(=O)O)cc3F)n2-c2ccc(F)cc2)cc1OC. The van der Waals surface area contributed by atoms with E-state index in [1.54, 1.807) is 42.1 Å². The fourth-order valence-electron chi connectivity index (χ4n) is 4.90. The molecular formula is C32H37F3N4O9S3. The van der Waals surface area contributed by atoms with Crippen molar-refractivity contribution in [2.45, 2.75) is 17.3 Å². The molecule has 13 nitrogen and oxygen atoms in total. The zero-order chi connectivity index (χ0) is 37.3. The van der Waals surface area contributed by atoms with Crippen molar-refractivity contribution < 1.29 is 53.3 Å². The summed E-state index contributed by atoms with van der Waals surface area (Å²) in [5, 5.41) is 0.371. The Bertz CT molecular complexity index is 1960. The highest BCUT2D eigenvalue weighted by Crippen LogP contribution is 2.37. The molecule has 4 aromatic rings. The number of anilines is 2. The summed E-state index contributed by atoms with van der Waals surface area (Å²) in [5.74, 6) is -2.17. The van der Waals surface area contributed by atoms with Crippen LogP contribution in [0.2, 0.25) is 0 Å². The Morgan fingerprint density at radius 3 is 2.02 bits per heavy atom. The topological polar surface area (TPSA) is 161 Å². The van der Waals surface area contributed by atoms with Crippen LogP contribution in [0.15, 0.2) is 66.0 Å². The normalized spacial score (nSPS) is 11.9. The van der Waals surface area contributed by atoms with Gasteiger partial charge in [-0.3, -0.25) is 13.7 Å². The van der Waals surface area contributed by atoms with Crippen LogP contribution in [0, 0.1) is 17.5 Å². The largest absolute Gasteiger partial charge is 0.493 e. The summed E-state index contributed by atoms with van der Waals surface area (Å²) in [4.78, 5) is 7.72. The first kappa shape index (κ1) is 39.8. The van der Waals surface area contributed by atoms with E-state index in [1.165, 1.54) is 31.3 Å². The van der Waals surface area contributed by atoms with Crippen molar-refractivity contribution in [3.8, 4) is 22.9 Å². The van der Waals surface area contributed by atoms with Crippen LogP contribution in [0.5, 0.6) is 17.2 Å². The lowest BCUT2D eigenvalue weighted by atomic mass is 10.2. The summed E-state index contributed by atoms with van der Waals surface area (Å²) >= 11 is 1.06. The zero-order valence-electron chi connectivity index (χ0n) is 27.8. The van der Waals surface area contributed by atoms with Gasteiger partial charge in [-0.25, -0.2) is 18.2 Å². The van der Waals surface area contributed by atoms with Crippen LogP contribution in [-0.2, 0) is 26.0 Å². The lowest BCUT2D eigenvalue weighted by Gasteiger charge is -2.23. The first-order chi connectivity index (χ1) is 24.1. The van der Waals surface area contributed by atoms with Crippen LogP contribution in [0.4, 0.5) is 24.7 Å². The molecule has 3 aromatic carbocycles. The predicted molar refractivity (Wildman–Crippen MR) is 186 cm³/mol. The summed E-state index contributed by atoms with van der Waals surface area (Å²) in [6.45, 7) is -0.379. The van der Waals surface area contributed by atoms with E-state index in [-0.39, 0.29) is 49.7 Å². The Kier molecular flexibility index (Phi) is 13.6. The molecule has 0 saturated heterocycles. The average Bonchev–Trinajstić information content (AvgIpc) is 3.49. The molecule has 0 amide bonds. The number of imidazole rings is 1. The quantitative estimate of drug-likeness (QED) is 0.0727. The third-order valence-corrected chi connectivity index (χ3v) is 9.95. The predicted octanol–water partition coefficient (Wildman–Crippen LogP) is 5.21. The lowest BCUT2D eigenvalue weighted by Crippen LogP contribution is -2.34. The molecule has 278 valence electrons. The number of hydrogen-bond acceptors (Lipinski definition) is 11. The summed E-state index contributed by atoms with van der Waals surface area (Å²) < 4.78 is 125. The molecule has 0 bridgehead atoms. The van der Waals surface area contributed by atoms with E-state index >= 15 is 8.78 Å². The van der Waals surface area contributed by atoms with Crippen LogP contribution in [0.1, 0.15) is 12.0 Å². The minimum atomic E-state index is -4.32. The highest BCUT2D eigenvalue weighted by molar-refractivity contribution is 7.98. The van der Waals surface area contributed by atoms with Gasteiger partial charge in [-0.2, -0.15) is 16.8 Å². The van der Waals surface area contributed by atoms with Gasteiger partial charge in [-0.1, -0.05) is 11.8 Å². The number of thioether (sulfide) groups is 1. The zero-order valence-corrected chi connectivity index (χ0v) is 30.3. The summed E-state index contributed by atoms with van der Waals surface area (Å²) in [7, 11) is -3.80. The van der Waals surface area contributed by atoms with Crippen LogP contribution in [0.3, 0.4) is 0 Å². The fourth-order valence-corrected chi connectivity index (χ4v) is 6.89. The van der Waals surface area contributed by atoms with Crippen LogP contribution >= 0.6 is 11.8 Å². The van der Waals surface area contributed by atoms with Gasteiger partial charge < -0.3 is 24.0 Å². The molecule has 1 aromatic heterocycles. The molecule has 0 radical (unpaired) electrons. The van der Waals surface area contributed by atoms with E-state index in [0.29, 0.717) is 33.8 Å². The maximum atomic E-state index is 15.2. The fraction of sp³-hybridized carbons (Fsp3) is 0.344. The van der Waals surface area contributed by atoms with Gasteiger partial charge in [0.1, 0.15) is 29.0 Å². The van der Waals surface area contributed by atoms with Gasteiger partial charge in [0, 0.05) is 67.6 Å². The van der Waals surface area contributed by atoms with Gasteiger partial charge >= 0.3 is 0 Å². The molecule has 0 atom stereocenters. The van der Waals surface area contributed by atoms with Crippen molar-refractivity contribution in [2.75, 3.05) is 63.9 Å².